The fourth-order valence-electron chi connectivity index (χ4n) is 2.00. The first-order chi connectivity index (χ1) is 9.99. The summed E-state index contributed by atoms with van der Waals surface area (Å²) in [5.41, 5.74) is 1.46. The molecule has 2 atom stereocenters. The van der Waals surface area contributed by atoms with Crippen molar-refractivity contribution in [1.29, 1.82) is 0 Å². The van der Waals surface area contributed by atoms with Gasteiger partial charge in [0.05, 0.1) is 12.7 Å². The lowest BCUT2D eigenvalue weighted by Crippen LogP contribution is -2.43. The molecule has 1 aromatic rings. The minimum absolute atomic E-state index is 0.139. The highest BCUT2D eigenvalue weighted by Crippen LogP contribution is 2.18. The van der Waals surface area contributed by atoms with E-state index < -0.39 is 6.10 Å². The maximum absolute atomic E-state index is 12.4. The lowest BCUT2D eigenvalue weighted by Gasteiger charge is -2.28. The van der Waals surface area contributed by atoms with Gasteiger partial charge in [-0.2, -0.15) is 0 Å². The molecule has 2 N–H and O–H groups in total. The molecule has 0 aliphatic heterocycles. The second-order valence-electron chi connectivity index (χ2n) is 5.18. The summed E-state index contributed by atoms with van der Waals surface area (Å²) in [6, 6.07) is 7.24. The van der Waals surface area contributed by atoms with Crippen LogP contribution in [0.4, 0.5) is 10.5 Å². The van der Waals surface area contributed by atoms with Crippen LogP contribution in [0.15, 0.2) is 24.3 Å². The van der Waals surface area contributed by atoms with Gasteiger partial charge in [0, 0.05) is 25.4 Å². The number of aliphatic hydroxyl groups excluding tert-OH is 1. The molecule has 0 saturated heterocycles. The summed E-state index contributed by atoms with van der Waals surface area (Å²) in [4.78, 5) is 14.2. The number of carbonyl (C=O) groups is 1. The third-order valence-electron chi connectivity index (χ3n) is 3.54. The van der Waals surface area contributed by atoms with Crippen LogP contribution in [0.25, 0.3) is 0 Å². The van der Waals surface area contributed by atoms with E-state index in [4.69, 9.17) is 4.74 Å². The number of nitrogens with zero attached hydrogens (tertiary/aromatic N) is 1. The molecule has 1 rings (SSSR count). The van der Waals surface area contributed by atoms with E-state index in [1.54, 1.807) is 25.0 Å². The molecule has 0 fully saturated rings. The zero-order valence-electron chi connectivity index (χ0n) is 13.3. The number of methoxy groups -OCH3 is 1. The Morgan fingerprint density at radius 3 is 2.71 bits per heavy atom. The first-order valence-electron chi connectivity index (χ1n) is 7.34. The molecule has 0 aliphatic rings. The van der Waals surface area contributed by atoms with Crippen molar-refractivity contribution in [1.82, 2.24) is 4.90 Å². The van der Waals surface area contributed by atoms with Gasteiger partial charge in [-0.05, 0) is 38.0 Å². The molecule has 0 aliphatic carbocycles. The molecule has 0 spiro atoms. The summed E-state index contributed by atoms with van der Waals surface area (Å²) in [6.45, 7) is 6.82. The molecule has 0 heterocycles. The second-order valence-corrected chi connectivity index (χ2v) is 5.18. The first-order valence-corrected chi connectivity index (χ1v) is 7.34. The summed E-state index contributed by atoms with van der Waals surface area (Å²) in [5, 5.41) is 12.5. The van der Waals surface area contributed by atoms with Crippen LogP contribution in [-0.4, -0.2) is 42.3 Å². The number of urea groups is 1. The number of anilines is 1. The van der Waals surface area contributed by atoms with Gasteiger partial charge in [-0.3, -0.25) is 0 Å². The van der Waals surface area contributed by atoms with Crippen LogP contribution in [0.2, 0.25) is 0 Å². The highest BCUT2D eigenvalue weighted by Gasteiger charge is 2.18. The molecule has 5 nitrogen and oxygen atoms in total. The van der Waals surface area contributed by atoms with Crippen LogP contribution >= 0.6 is 0 Å². The van der Waals surface area contributed by atoms with Crippen LogP contribution in [0.5, 0.6) is 0 Å². The maximum atomic E-state index is 12.4. The Morgan fingerprint density at radius 1 is 1.43 bits per heavy atom. The first kappa shape index (κ1) is 17.5. The Morgan fingerprint density at radius 2 is 2.14 bits per heavy atom. The summed E-state index contributed by atoms with van der Waals surface area (Å²) in [5.74, 6) is 0. The van der Waals surface area contributed by atoms with Crippen LogP contribution < -0.4 is 5.32 Å². The number of aliphatic hydroxyl groups is 1. The standard InChI is InChI=1S/C16H26N2O3/c1-5-12(2)18(9-10-21-4)16(20)17-15-8-6-7-14(11-15)13(3)19/h6-8,11-13,19H,5,9-10H2,1-4H3,(H,17,20). The number of carbonyl (C=O) groups excluding carboxylic acids is 1. The van der Waals surface area contributed by atoms with Crippen LogP contribution in [-0.2, 0) is 4.74 Å². The second kappa shape index (κ2) is 8.64. The smallest absolute Gasteiger partial charge is 0.322 e. The van der Waals surface area contributed by atoms with Crippen molar-refractivity contribution < 1.29 is 14.6 Å². The van der Waals surface area contributed by atoms with Crippen molar-refractivity contribution >= 4 is 11.7 Å². The Labute approximate surface area is 126 Å². The Kier molecular flexibility index (Phi) is 7.19. The highest BCUT2D eigenvalue weighted by molar-refractivity contribution is 5.89. The average Bonchev–Trinajstić information content (AvgIpc) is 2.47. The molecule has 21 heavy (non-hydrogen) atoms. The summed E-state index contributed by atoms with van der Waals surface area (Å²) >= 11 is 0. The van der Waals surface area contributed by atoms with E-state index in [-0.39, 0.29) is 12.1 Å². The predicted octanol–water partition coefficient (Wildman–Crippen LogP) is 3.02. The number of rotatable bonds is 7. The number of amides is 2. The number of ether oxygens (including phenoxy) is 1. The summed E-state index contributed by atoms with van der Waals surface area (Å²) < 4.78 is 5.06. The SMILES string of the molecule is CCC(C)N(CCOC)C(=O)Nc1cccc(C(C)O)c1. The lowest BCUT2D eigenvalue weighted by atomic mass is 10.1. The minimum Gasteiger partial charge on any atom is -0.389 e. The fourth-order valence-corrected chi connectivity index (χ4v) is 2.00. The van der Waals surface area contributed by atoms with Gasteiger partial charge in [-0.25, -0.2) is 4.79 Å². The summed E-state index contributed by atoms with van der Waals surface area (Å²) in [6.07, 6.45) is 0.325. The van der Waals surface area contributed by atoms with Gasteiger partial charge in [0.25, 0.3) is 0 Å². The van der Waals surface area contributed by atoms with E-state index in [0.717, 1.165) is 12.0 Å². The van der Waals surface area contributed by atoms with Crippen molar-refractivity contribution in [2.45, 2.75) is 39.3 Å². The van der Waals surface area contributed by atoms with Gasteiger partial charge < -0.3 is 20.1 Å². The molecule has 1 aromatic carbocycles. The number of benzene rings is 1. The predicted molar refractivity (Wildman–Crippen MR) is 84.4 cm³/mol. The quantitative estimate of drug-likeness (QED) is 0.812. The normalized spacial score (nSPS) is 13.6. The van der Waals surface area contributed by atoms with Crippen LogP contribution in [0, 0.1) is 0 Å². The molecule has 0 bridgehead atoms. The van der Waals surface area contributed by atoms with Crippen molar-refractivity contribution in [3.63, 3.8) is 0 Å². The van der Waals surface area contributed by atoms with Crippen molar-refractivity contribution in [2.75, 3.05) is 25.6 Å². The van der Waals surface area contributed by atoms with Crippen molar-refractivity contribution in [2.24, 2.45) is 0 Å². The lowest BCUT2D eigenvalue weighted by molar-refractivity contribution is 0.138. The van der Waals surface area contributed by atoms with Gasteiger partial charge in [0.15, 0.2) is 0 Å². The number of hydrogen-bond donors (Lipinski definition) is 2. The largest absolute Gasteiger partial charge is 0.389 e. The molecule has 118 valence electrons. The summed E-state index contributed by atoms with van der Waals surface area (Å²) in [7, 11) is 1.62. The van der Waals surface area contributed by atoms with Gasteiger partial charge >= 0.3 is 6.03 Å². The molecule has 2 amide bonds. The Bertz CT molecular complexity index is 449. The van der Waals surface area contributed by atoms with Gasteiger partial charge in [0.2, 0.25) is 0 Å². The molecular formula is C16H26N2O3. The Balaban J connectivity index is 2.78. The topological polar surface area (TPSA) is 61.8 Å². The van der Waals surface area contributed by atoms with E-state index in [0.29, 0.717) is 18.8 Å². The van der Waals surface area contributed by atoms with Gasteiger partial charge in [-0.15, -0.1) is 0 Å². The molecular weight excluding hydrogens is 268 g/mol. The fraction of sp³-hybridized carbons (Fsp3) is 0.562. The third-order valence-corrected chi connectivity index (χ3v) is 3.54. The van der Waals surface area contributed by atoms with E-state index in [2.05, 4.69) is 5.32 Å². The molecule has 0 aromatic heterocycles. The van der Waals surface area contributed by atoms with Crippen LogP contribution in [0.3, 0.4) is 0 Å². The van der Waals surface area contributed by atoms with E-state index in [9.17, 15) is 9.90 Å². The van der Waals surface area contributed by atoms with E-state index >= 15 is 0 Å². The monoisotopic (exact) mass is 294 g/mol. The molecule has 2 unspecified atom stereocenters. The average molecular weight is 294 g/mol. The molecule has 0 radical (unpaired) electrons. The maximum Gasteiger partial charge on any atom is 0.322 e. The minimum atomic E-state index is -0.555. The van der Waals surface area contributed by atoms with Crippen molar-refractivity contribution in [3.8, 4) is 0 Å². The number of nitrogens with one attached hydrogen (secondary N) is 1. The van der Waals surface area contributed by atoms with E-state index in [1.807, 2.05) is 32.0 Å². The number of hydrogen-bond acceptors (Lipinski definition) is 3. The third kappa shape index (κ3) is 5.36. The van der Waals surface area contributed by atoms with Gasteiger partial charge in [0.1, 0.15) is 0 Å². The van der Waals surface area contributed by atoms with Crippen molar-refractivity contribution in [3.05, 3.63) is 29.8 Å². The molecule has 5 heteroatoms. The molecule has 0 saturated carbocycles. The van der Waals surface area contributed by atoms with Gasteiger partial charge in [-0.1, -0.05) is 19.1 Å². The van der Waals surface area contributed by atoms with Crippen LogP contribution in [0.1, 0.15) is 38.9 Å². The zero-order valence-corrected chi connectivity index (χ0v) is 13.3. The highest BCUT2D eigenvalue weighted by atomic mass is 16.5. The van der Waals surface area contributed by atoms with E-state index in [1.165, 1.54) is 0 Å². The Hall–Kier alpha value is -1.59. The zero-order chi connectivity index (χ0) is 15.8.